The number of amides is 1. The monoisotopic (exact) mass is 271 g/mol. The molecule has 0 bridgehead atoms. The molecule has 104 valence electrons. The van der Waals surface area contributed by atoms with Crippen molar-refractivity contribution in [3.05, 3.63) is 47.6 Å². The van der Waals surface area contributed by atoms with Gasteiger partial charge in [-0.15, -0.1) is 0 Å². The van der Waals surface area contributed by atoms with Gasteiger partial charge in [-0.25, -0.2) is 0 Å². The zero-order valence-corrected chi connectivity index (χ0v) is 11.2. The van der Waals surface area contributed by atoms with Crippen LogP contribution in [0.1, 0.15) is 36.0 Å². The molecule has 0 saturated carbocycles. The molecular formula is C15H17N3O2. The first-order chi connectivity index (χ1) is 9.81. The van der Waals surface area contributed by atoms with Gasteiger partial charge in [0.15, 0.2) is 5.82 Å². The van der Waals surface area contributed by atoms with Gasteiger partial charge < -0.3 is 9.84 Å². The van der Waals surface area contributed by atoms with Crippen molar-refractivity contribution in [1.82, 2.24) is 15.5 Å². The Balaban J connectivity index is 1.58. The van der Waals surface area contributed by atoms with Crippen LogP contribution in [-0.4, -0.2) is 22.6 Å². The minimum absolute atomic E-state index is 0.102. The molecule has 1 aromatic heterocycles. The second-order valence-corrected chi connectivity index (χ2v) is 5.07. The van der Waals surface area contributed by atoms with Gasteiger partial charge in [0.25, 0.3) is 0 Å². The van der Waals surface area contributed by atoms with Crippen molar-refractivity contribution in [3.8, 4) is 0 Å². The molecular weight excluding hydrogens is 254 g/mol. The summed E-state index contributed by atoms with van der Waals surface area (Å²) in [4.78, 5) is 15.6. The molecule has 0 unspecified atom stereocenters. The van der Waals surface area contributed by atoms with Crippen LogP contribution in [-0.2, 0) is 17.6 Å². The SMILES string of the molecule is O=C1CC[C@@H](c2nc(CCc3ccccc3)no2)CN1. The number of carbonyl (C=O) groups is 1. The maximum absolute atomic E-state index is 11.1. The number of carbonyl (C=O) groups excluding carboxylic acids is 1. The zero-order valence-electron chi connectivity index (χ0n) is 11.2. The van der Waals surface area contributed by atoms with Crippen molar-refractivity contribution < 1.29 is 9.32 Å². The van der Waals surface area contributed by atoms with E-state index in [9.17, 15) is 4.79 Å². The Kier molecular flexibility index (Phi) is 3.76. The van der Waals surface area contributed by atoms with Gasteiger partial charge in [-0.05, 0) is 18.4 Å². The Morgan fingerprint density at radius 1 is 1.25 bits per heavy atom. The highest BCUT2D eigenvalue weighted by atomic mass is 16.5. The lowest BCUT2D eigenvalue weighted by atomic mass is 9.99. The third kappa shape index (κ3) is 3.04. The third-order valence-electron chi connectivity index (χ3n) is 3.58. The van der Waals surface area contributed by atoms with Crippen LogP contribution in [0, 0.1) is 0 Å². The molecule has 20 heavy (non-hydrogen) atoms. The van der Waals surface area contributed by atoms with E-state index in [0.29, 0.717) is 18.9 Å². The molecule has 0 spiro atoms. The fraction of sp³-hybridized carbons (Fsp3) is 0.400. The predicted molar refractivity (Wildman–Crippen MR) is 73.1 cm³/mol. The highest BCUT2D eigenvalue weighted by molar-refractivity contribution is 5.76. The molecule has 5 nitrogen and oxygen atoms in total. The van der Waals surface area contributed by atoms with Crippen molar-refractivity contribution in [3.63, 3.8) is 0 Å². The number of piperidine rings is 1. The van der Waals surface area contributed by atoms with E-state index < -0.39 is 0 Å². The first-order valence-corrected chi connectivity index (χ1v) is 6.94. The number of aryl methyl sites for hydroxylation is 2. The van der Waals surface area contributed by atoms with Crippen molar-refractivity contribution >= 4 is 5.91 Å². The van der Waals surface area contributed by atoms with E-state index in [0.717, 1.165) is 25.1 Å². The van der Waals surface area contributed by atoms with Gasteiger partial charge in [0.2, 0.25) is 11.8 Å². The van der Waals surface area contributed by atoms with Gasteiger partial charge in [-0.1, -0.05) is 35.5 Å². The standard InChI is InChI=1S/C15H17N3O2/c19-14-9-7-12(10-16-14)15-17-13(18-20-15)8-6-11-4-2-1-3-5-11/h1-5,12H,6-10H2,(H,16,19)/t12-/m1/s1. The molecule has 2 heterocycles. The summed E-state index contributed by atoms with van der Waals surface area (Å²) in [5, 5.41) is 6.86. The maximum atomic E-state index is 11.1. The van der Waals surface area contributed by atoms with E-state index in [4.69, 9.17) is 4.52 Å². The molecule has 5 heteroatoms. The number of aromatic nitrogens is 2. The minimum atomic E-state index is 0.102. The van der Waals surface area contributed by atoms with Crippen molar-refractivity contribution in [2.45, 2.75) is 31.6 Å². The summed E-state index contributed by atoms with van der Waals surface area (Å²) < 4.78 is 5.32. The van der Waals surface area contributed by atoms with Crippen LogP contribution in [0.2, 0.25) is 0 Å². The molecule has 1 N–H and O–H groups in total. The molecule has 1 aromatic carbocycles. The molecule has 1 aliphatic heterocycles. The van der Waals surface area contributed by atoms with Gasteiger partial charge in [-0.2, -0.15) is 4.98 Å². The maximum Gasteiger partial charge on any atom is 0.231 e. The summed E-state index contributed by atoms with van der Waals surface area (Å²) >= 11 is 0. The average Bonchev–Trinajstić information content (AvgIpc) is 2.96. The zero-order chi connectivity index (χ0) is 13.8. The molecule has 1 aliphatic rings. The van der Waals surface area contributed by atoms with E-state index in [2.05, 4.69) is 27.6 Å². The fourth-order valence-electron chi connectivity index (χ4n) is 2.38. The van der Waals surface area contributed by atoms with Crippen molar-refractivity contribution in [1.29, 1.82) is 0 Å². The van der Waals surface area contributed by atoms with Gasteiger partial charge in [0.1, 0.15) is 0 Å². The number of hydrogen-bond acceptors (Lipinski definition) is 4. The molecule has 1 amide bonds. The van der Waals surface area contributed by atoms with E-state index in [-0.39, 0.29) is 11.8 Å². The number of rotatable bonds is 4. The Morgan fingerprint density at radius 3 is 2.85 bits per heavy atom. The summed E-state index contributed by atoms with van der Waals surface area (Å²) in [5.74, 6) is 1.64. The highest BCUT2D eigenvalue weighted by Gasteiger charge is 2.24. The van der Waals surface area contributed by atoms with Gasteiger partial charge in [0.05, 0.1) is 5.92 Å². The van der Waals surface area contributed by atoms with Crippen LogP contribution in [0.15, 0.2) is 34.9 Å². The fourth-order valence-corrected chi connectivity index (χ4v) is 2.38. The summed E-state index contributed by atoms with van der Waals surface area (Å²) in [5.41, 5.74) is 1.27. The number of benzene rings is 1. The predicted octanol–water partition coefficient (Wildman–Crippen LogP) is 1.85. The third-order valence-corrected chi connectivity index (χ3v) is 3.58. The number of nitrogens with one attached hydrogen (secondary N) is 1. The summed E-state index contributed by atoms with van der Waals surface area (Å²) in [6, 6.07) is 10.3. The summed E-state index contributed by atoms with van der Waals surface area (Å²) in [6.45, 7) is 0.596. The minimum Gasteiger partial charge on any atom is -0.355 e. The van der Waals surface area contributed by atoms with E-state index in [1.807, 2.05) is 18.2 Å². The van der Waals surface area contributed by atoms with Crippen LogP contribution >= 0.6 is 0 Å². The quantitative estimate of drug-likeness (QED) is 0.921. The largest absolute Gasteiger partial charge is 0.355 e. The molecule has 3 rings (SSSR count). The molecule has 1 fully saturated rings. The van der Waals surface area contributed by atoms with E-state index >= 15 is 0 Å². The Bertz CT molecular complexity index is 570. The van der Waals surface area contributed by atoms with E-state index in [1.54, 1.807) is 0 Å². The molecule has 0 radical (unpaired) electrons. The van der Waals surface area contributed by atoms with Crippen LogP contribution in [0.5, 0.6) is 0 Å². The molecule has 0 aliphatic carbocycles. The topological polar surface area (TPSA) is 68.0 Å². The van der Waals surface area contributed by atoms with Crippen LogP contribution < -0.4 is 5.32 Å². The summed E-state index contributed by atoms with van der Waals surface area (Å²) in [7, 11) is 0. The second kappa shape index (κ2) is 5.86. The van der Waals surface area contributed by atoms with E-state index in [1.165, 1.54) is 5.56 Å². The summed E-state index contributed by atoms with van der Waals surface area (Å²) in [6.07, 6.45) is 2.99. The average molecular weight is 271 g/mol. The first-order valence-electron chi connectivity index (χ1n) is 6.94. The molecule has 1 atom stereocenters. The number of hydrogen-bond donors (Lipinski definition) is 1. The Labute approximate surface area is 117 Å². The van der Waals surface area contributed by atoms with Crippen LogP contribution in [0.3, 0.4) is 0 Å². The van der Waals surface area contributed by atoms with Crippen LogP contribution in [0.25, 0.3) is 0 Å². The lowest BCUT2D eigenvalue weighted by molar-refractivity contribution is -0.122. The Morgan fingerprint density at radius 2 is 2.10 bits per heavy atom. The molecule has 1 saturated heterocycles. The normalized spacial score (nSPS) is 18.8. The van der Waals surface area contributed by atoms with Crippen molar-refractivity contribution in [2.24, 2.45) is 0 Å². The van der Waals surface area contributed by atoms with Gasteiger partial charge in [0, 0.05) is 19.4 Å². The van der Waals surface area contributed by atoms with Crippen molar-refractivity contribution in [2.75, 3.05) is 6.54 Å². The molecule has 2 aromatic rings. The highest BCUT2D eigenvalue weighted by Crippen LogP contribution is 2.22. The van der Waals surface area contributed by atoms with Gasteiger partial charge in [-0.3, -0.25) is 4.79 Å². The Hall–Kier alpha value is -2.17. The van der Waals surface area contributed by atoms with Crippen LogP contribution in [0.4, 0.5) is 0 Å². The lowest BCUT2D eigenvalue weighted by Crippen LogP contribution is -2.33. The first kappa shape index (κ1) is 12.8. The lowest BCUT2D eigenvalue weighted by Gasteiger charge is -2.18. The second-order valence-electron chi connectivity index (χ2n) is 5.07. The number of nitrogens with zero attached hydrogens (tertiary/aromatic N) is 2. The smallest absolute Gasteiger partial charge is 0.231 e. The van der Waals surface area contributed by atoms with Gasteiger partial charge >= 0.3 is 0 Å².